The fourth-order valence-electron chi connectivity index (χ4n) is 4.93. The molecule has 2 heterocycles. The van der Waals surface area contributed by atoms with Crippen LogP contribution in [-0.4, -0.2) is 142 Å². The largest absolute Gasteiger partial charge is 1.00 e. The Hall–Kier alpha value is -5.06. The smallest absolute Gasteiger partial charge is 0.548 e. The molecule has 0 fully saturated rings. The van der Waals surface area contributed by atoms with Gasteiger partial charge in [0.05, 0.1) is 32.5 Å². The molecule has 0 radical (unpaired) electrons. The molecule has 0 saturated heterocycles. The minimum absolute atomic E-state index is 0. The number of benzene rings is 1. The molecule has 3 aromatic rings. The zero-order valence-corrected chi connectivity index (χ0v) is 64.1. The van der Waals surface area contributed by atoms with Crippen LogP contribution >= 0.6 is 73.9 Å². The summed E-state index contributed by atoms with van der Waals surface area (Å²) in [5.74, 6) is -3.60. The fraction of sp³-hybridized carbons (Fsp3) is 0.577. The first-order valence-corrected chi connectivity index (χ1v) is 29.0. The summed E-state index contributed by atoms with van der Waals surface area (Å²) in [6.07, 6.45) is -2.81. The van der Waals surface area contributed by atoms with Gasteiger partial charge in [-0.1, -0.05) is 76.2 Å². The van der Waals surface area contributed by atoms with Crippen LogP contribution in [0.4, 0.5) is 19.2 Å². The molecule has 4 amide bonds. The number of carboxylic acid groups (broad SMARTS) is 2. The van der Waals surface area contributed by atoms with E-state index in [9.17, 15) is 57.8 Å². The number of carbonyl (C=O) groups is 8. The number of H-pyrrole nitrogens is 2. The van der Waals surface area contributed by atoms with E-state index < -0.39 is 112 Å². The molecule has 0 spiro atoms. The summed E-state index contributed by atoms with van der Waals surface area (Å²) in [5.41, 5.74) is -4.49. The normalized spacial score (nSPS) is 11.9. The van der Waals surface area contributed by atoms with Crippen LogP contribution in [-0.2, 0) is 47.6 Å². The standard InChI is InChI=1S/C17H12Cl2N6O4.2C9H16ClNO4.2C8H15NO4.CH2BrCl.Cs/c1-7(2)9-5-13(22-23-15(9)26)29-14-10(18)3-8(4-11(14)19)25-17(28)21-16(27)12(6-20)24-25;2*1-6(7(12)14-5-10)11-8(13)15-9(2,3)4;2*1-5(6(10)11)9-7(12)13-8(2,3)4;2-1-3;/h3-5,7H,1-2H3,(H,23,26)(H,21,27,28);2*6H,5H2,1-4H3,(H,11,13);2*5H,1-4H3,(H,9,12)(H,10,11);1H2;/q;;;;;;+1/p-1/t;2*6-;2*5-;;/m.0000../s1. The number of hydrogen-bond acceptors (Lipinski definition) is 22. The summed E-state index contributed by atoms with van der Waals surface area (Å²) in [6.45, 7) is 29.9. The predicted molar refractivity (Wildman–Crippen MR) is 325 cm³/mol. The molecule has 0 bridgehead atoms. The third-order valence-corrected chi connectivity index (χ3v) is 9.34. The number of amides is 4. The number of hydrogen-bond donors (Lipinski definition) is 7. The molecule has 0 aliphatic heterocycles. The number of alkyl carbamates (subject to hydrolysis) is 4. The van der Waals surface area contributed by atoms with Gasteiger partial charge in [0, 0.05) is 11.6 Å². The van der Waals surface area contributed by atoms with Gasteiger partial charge in [-0.25, -0.2) is 38.7 Å². The van der Waals surface area contributed by atoms with Crippen molar-refractivity contribution in [2.75, 3.05) is 16.9 Å². The number of carbonyl (C=O) groups excluding carboxylic acids is 7. The van der Waals surface area contributed by atoms with E-state index in [2.05, 4.69) is 62.0 Å². The van der Waals surface area contributed by atoms with E-state index >= 15 is 0 Å². The molecule has 37 heteroatoms. The number of alkyl halides is 4. The second-order valence-corrected chi connectivity index (χ2v) is 24.2. The molecule has 30 nitrogen and oxygen atoms in total. The van der Waals surface area contributed by atoms with Crippen molar-refractivity contribution in [2.45, 2.75) is 177 Å². The maximum absolute atomic E-state index is 12.0. The average Bonchev–Trinajstić information content (AvgIpc) is 3.52. The van der Waals surface area contributed by atoms with Crippen molar-refractivity contribution in [3.63, 3.8) is 0 Å². The Labute approximate surface area is 605 Å². The number of nitriles is 1. The van der Waals surface area contributed by atoms with Crippen LogP contribution < -0.4 is 117 Å². The number of aromatic amines is 2. The van der Waals surface area contributed by atoms with Gasteiger partial charge in [-0.3, -0.25) is 19.4 Å². The van der Waals surface area contributed by atoms with Crippen molar-refractivity contribution < 1.29 is 151 Å². The molecular formula is C52H75BrCl5CsN10O20. The Morgan fingerprint density at radius 2 is 1.00 bits per heavy atom. The zero-order chi connectivity index (χ0) is 69.4. The van der Waals surface area contributed by atoms with Crippen molar-refractivity contribution in [2.24, 2.45) is 0 Å². The third-order valence-electron chi connectivity index (χ3n) is 8.56. The van der Waals surface area contributed by atoms with Crippen LogP contribution in [0.2, 0.25) is 10.0 Å². The van der Waals surface area contributed by atoms with Gasteiger partial charge in [0.25, 0.3) is 11.1 Å². The van der Waals surface area contributed by atoms with Gasteiger partial charge < -0.3 is 69.4 Å². The van der Waals surface area contributed by atoms with E-state index in [0.29, 0.717) is 10.4 Å². The van der Waals surface area contributed by atoms with Gasteiger partial charge in [0.1, 0.15) is 46.6 Å². The van der Waals surface area contributed by atoms with Crippen molar-refractivity contribution in [1.82, 2.24) is 46.2 Å². The van der Waals surface area contributed by atoms with Crippen LogP contribution in [0.15, 0.2) is 32.6 Å². The summed E-state index contributed by atoms with van der Waals surface area (Å²) >= 11 is 30.7. The molecule has 0 unspecified atom stereocenters. The molecule has 0 aliphatic rings. The number of nitrogens with one attached hydrogen (secondary N) is 6. The second-order valence-electron chi connectivity index (χ2n) is 21.5. The Balaban J connectivity index is -0.000000524. The van der Waals surface area contributed by atoms with Gasteiger partial charge in [-0.05, 0) is 129 Å². The second kappa shape index (κ2) is 43.7. The number of esters is 2. The van der Waals surface area contributed by atoms with Crippen molar-refractivity contribution in [3.05, 3.63) is 70.7 Å². The number of aromatic nitrogens is 5. The predicted octanol–water partition coefficient (Wildman–Crippen LogP) is 4.59. The molecule has 3 rings (SSSR count). The quantitative estimate of drug-likeness (QED) is 0.0659. The Morgan fingerprint density at radius 1 is 0.652 bits per heavy atom. The minimum atomic E-state index is -1.34. The average molecular weight is 1550 g/mol. The van der Waals surface area contributed by atoms with Crippen LogP contribution in [0.1, 0.15) is 142 Å². The molecule has 2 aromatic heterocycles. The number of aliphatic carboxylic acids is 2. The summed E-state index contributed by atoms with van der Waals surface area (Å²) in [6, 6.07) is 1.66. The number of halogens is 6. The van der Waals surface area contributed by atoms with E-state index in [1.807, 2.05) is 18.8 Å². The van der Waals surface area contributed by atoms with Crippen LogP contribution in [0.25, 0.3) is 5.69 Å². The van der Waals surface area contributed by atoms with E-state index in [1.54, 1.807) is 89.2 Å². The summed E-state index contributed by atoms with van der Waals surface area (Å²) in [5, 5.41) is 46.4. The van der Waals surface area contributed by atoms with Crippen molar-refractivity contribution in [1.29, 1.82) is 5.26 Å². The van der Waals surface area contributed by atoms with Crippen molar-refractivity contribution in [3.8, 4) is 23.4 Å². The van der Waals surface area contributed by atoms with Crippen LogP contribution in [0, 0.1) is 11.3 Å². The topological polar surface area (TPSA) is 430 Å². The molecule has 496 valence electrons. The van der Waals surface area contributed by atoms with Crippen LogP contribution in [0.5, 0.6) is 11.6 Å². The Bertz CT molecular complexity index is 2910. The van der Waals surface area contributed by atoms with Gasteiger partial charge >= 0.3 is 117 Å². The first-order valence-electron chi connectivity index (χ1n) is 25.5. The van der Waals surface area contributed by atoms with Gasteiger partial charge in [0.2, 0.25) is 11.6 Å². The minimum Gasteiger partial charge on any atom is -0.548 e. The molecule has 89 heavy (non-hydrogen) atoms. The Kier molecular flexibility index (Phi) is 44.3. The maximum atomic E-state index is 12.0. The van der Waals surface area contributed by atoms with Crippen LogP contribution in [0.3, 0.4) is 0 Å². The zero-order valence-electron chi connectivity index (χ0n) is 52.5. The number of nitrogens with zero attached hydrogens (tertiary/aromatic N) is 4. The monoisotopic (exact) mass is 1550 g/mol. The molecular weight excluding hydrogens is 1470 g/mol. The first-order chi connectivity index (χ1) is 40.1. The van der Waals surface area contributed by atoms with E-state index in [-0.39, 0.29) is 120 Å². The fourth-order valence-corrected chi connectivity index (χ4v) is 5.70. The van der Waals surface area contributed by atoms with Gasteiger partial charge in [-0.2, -0.15) is 9.94 Å². The molecule has 1 aromatic carbocycles. The van der Waals surface area contributed by atoms with Crippen molar-refractivity contribution >= 4 is 122 Å². The number of carboxylic acids is 2. The van der Waals surface area contributed by atoms with Gasteiger partial charge in [-0.15, -0.1) is 21.8 Å². The van der Waals surface area contributed by atoms with E-state index in [1.165, 1.54) is 45.9 Å². The molecule has 4 atom stereocenters. The number of ether oxygens (including phenoxy) is 7. The summed E-state index contributed by atoms with van der Waals surface area (Å²) < 4.78 is 34.9. The number of rotatable bonds is 14. The summed E-state index contributed by atoms with van der Waals surface area (Å²) in [7, 11) is 0. The van der Waals surface area contributed by atoms with E-state index in [4.69, 9.17) is 92.1 Å². The Morgan fingerprint density at radius 3 is 1.30 bits per heavy atom. The SMILES string of the molecule is CC(C)c1cc(Oc2c(Cl)cc(-n3nc(C#N)c(=O)[nH]c3=O)cc2Cl)n[nH]c1=O.C[C@H](NC(=O)OC(C)(C)C)C(=O)O.C[C@H](NC(=O)OC(C)(C)C)C(=O)OCCl.C[C@H](NC(=O)OC(C)(C)C)C(=O)OCCl.C[C@H](NC(=O)OC(C)(C)C)C(=O)[O-].ClCBr.[Cs+]. The first kappa shape index (κ1) is 90.4. The van der Waals surface area contributed by atoms with Gasteiger partial charge in [0.15, 0.2) is 17.9 Å². The molecule has 0 aliphatic carbocycles. The molecule has 7 N–H and O–H groups in total. The third kappa shape index (κ3) is 43.4. The van der Waals surface area contributed by atoms with E-state index in [0.717, 1.165) is 4.68 Å². The summed E-state index contributed by atoms with van der Waals surface area (Å²) in [4.78, 5) is 125. The molecule has 0 saturated carbocycles. The maximum Gasteiger partial charge on any atom is 1.00 e.